The van der Waals surface area contributed by atoms with E-state index in [2.05, 4.69) is 10.6 Å². The molecule has 0 aliphatic heterocycles. The van der Waals surface area contributed by atoms with Crippen LogP contribution in [-0.4, -0.2) is 11.9 Å². The molecule has 2 N–H and O–H groups in total. The van der Waals surface area contributed by atoms with Crippen molar-refractivity contribution in [2.24, 2.45) is 5.41 Å². The number of amides is 1. The molecule has 130 valence electrons. The van der Waals surface area contributed by atoms with Gasteiger partial charge >= 0.3 is 0 Å². The third-order valence-electron chi connectivity index (χ3n) is 4.33. The van der Waals surface area contributed by atoms with E-state index in [-0.39, 0.29) is 29.3 Å². The van der Waals surface area contributed by atoms with Crippen molar-refractivity contribution >= 4 is 11.6 Å². The molecule has 1 atom stereocenters. The number of nitrogens with one attached hydrogen (secondary N) is 2. The van der Waals surface area contributed by atoms with Gasteiger partial charge in [-0.05, 0) is 30.0 Å². The normalized spacial score (nSPS) is 12.4. The summed E-state index contributed by atoms with van der Waals surface area (Å²) in [5.41, 5.74) is -0.250. The maximum absolute atomic E-state index is 12.3. The van der Waals surface area contributed by atoms with E-state index in [1.807, 2.05) is 33.8 Å². The van der Waals surface area contributed by atoms with Crippen LogP contribution in [0.2, 0.25) is 0 Å². The van der Waals surface area contributed by atoms with E-state index in [4.69, 9.17) is 5.26 Å². The van der Waals surface area contributed by atoms with Gasteiger partial charge in [-0.1, -0.05) is 32.9 Å². The van der Waals surface area contributed by atoms with Crippen LogP contribution in [0.1, 0.15) is 49.2 Å². The van der Waals surface area contributed by atoms with Crippen molar-refractivity contribution in [2.45, 2.75) is 40.3 Å². The first-order valence-electron chi connectivity index (χ1n) is 8.02. The number of rotatable bonds is 5. The molecule has 0 saturated heterocycles. The fourth-order valence-corrected chi connectivity index (χ4v) is 2.15. The number of anilines is 1. The minimum atomic E-state index is -0.763. The molecule has 0 aliphatic carbocycles. The molecular weight excluding hydrogens is 318 g/mol. The Morgan fingerprint density at radius 3 is 2.28 bits per heavy atom. The van der Waals surface area contributed by atoms with Crippen molar-refractivity contribution < 1.29 is 4.79 Å². The highest BCUT2D eigenvalue weighted by molar-refractivity contribution is 6.01. The van der Waals surface area contributed by atoms with Crippen LogP contribution < -0.4 is 21.5 Å². The maximum Gasteiger partial charge on any atom is 0.257 e. The Labute approximate surface area is 146 Å². The monoisotopic (exact) mass is 339 g/mol. The minimum absolute atomic E-state index is 0.0825. The largest absolute Gasteiger partial charge is 0.378 e. The van der Waals surface area contributed by atoms with Crippen LogP contribution in [0.25, 0.3) is 0 Å². The Morgan fingerprint density at radius 1 is 1.16 bits per heavy atom. The van der Waals surface area contributed by atoms with Gasteiger partial charge < -0.3 is 10.6 Å². The van der Waals surface area contributed by atoms with E-state index in [0.29, 0.717) is 5.56 Å². The van der Waals surface area contributed by atoms with Gasteiger partial charge in [-0.25, -0.2) is 0 Å². The summed E-state index contributed by atoms with van der Waals surface area (Å²) >= 11 is 0. The van der Waals surface area contributed by atoms with Crippen LogP contribution in [0.5, 0.6) is 0 Å². The fourth-order valence-electron chi connectivity index (χ4n) is 2.15. The van der Waals surface area contributed by atoms with Gasteiger partial charge in [0.1, 0.15) is 11.3 Å². The van der Waals surface area contributed by atoms with E-state index < -0.39 is 16.8 Å². The van der Waals surface area contributed by atoms with Crippen LogP contribution >= 0.6 is 0 Å². The zero-order valence-electron chi connectivity index (χ0n) is 14.8. The van der Waals surface area contributed by atoms with Gasteiger partial charge in [-0.3, -0.25) is 14.4 Å². The number of carbonyl (C=O) groups is 1. The zero-order valence-corrected chi connectivity index (χ0v) is 14.8. The van der Waals surface area contributed by atoms with Crippen molar-refractivity contribution in [1.82, 2.24) is 5.32 Å². The second-order valence-electron chi connectivity index (χ2n) is 7.13. The van der Waals surface area contributed by atoms with E-state index >= 15 is 0 Å². The number of hydrogen-bond donors (Lipinski definition) is 2. The molecule has 2 aromatic rings. The molecule has 6 heteroatoms. The summed E-state index contributed by atoms with van der Waals surface area (Å²) in [6.07, 6.45) is 0. The Bertz CT molecular complexity index is 892. The van der Waals surface area contributed by atoms with Gasteiger partial charge in [0.25, 0.3) is 11.3 Å². The SMILES string of the molecule is CC(Nc1c(C(=O)NCc2ccc(C#N)cc2)c(=O)c1=O)C(C)(C)C. The molecule has 25 heavy (non-hydrogen) atoms. The van der Waals surface area contributed by atoms with Gasteiger partial charge in [-0.15, -0.1) is 0 Å². The van der Waals surface area contributed by atoms with Crippen LogP contribution in [-0.2, 0) is 6.54 Å². The van der Waals surface area contributed by atoms with Gasteiger partial charge in [0, 0.05) is 12.6 Å². The summed E-state index contributed by atoms with van der Waals surface area (Å²) in [6, 6.07) is 8.68. The first-order valence-corrected chi connectivity index (χ1v) is 8.02. The summed E-state index contributed by atoms with van der Waals surface area (Å²) in [5, 5.41) is 14.4. The van der Waals surface area contributed by atoms with Crippen LogP contribution in [0, 0.1) is 16.7 Å². The second kappa shape index (κ2) is 6.89. The van der Waals surface area contributed by atoms with E-state index in [1.54, 1.807) is 24.3 Å². The number of carbonyl (C=O) groups excluding carboxylic acids is 1. The van der Waals surface area contributed by atoms with Crippen molar-refractivity contribution in [3.05, 3.63) is 61.4 Å². The molecule has 2 aromatic carbocycles. The fraction of sp³-hybridized carbons (Fsp3) is 0.368. The Morgan fingerprint density at radius 2 is 1.76 bits per heavy atom. The summed E-state index contributed by atoms with van der Waals surface area (Å²) in [7, 11) is 0. The molecule has 0 saturated carbocycles. The standard InChI is InChI=1S/C19H21N3O3/c1-11(19(2,3)4)22-15-14(16(23)17(15)24)18(25)21-10-13-7-5-12(9-20)6-8-13/h5-8,11,22H,10H2,1-4H3,(H,21,25). The molecule has 0 radical (unpaired) electrons. The lowest BCUT2D eigenvalue weighted by molar-refractivity contribution is 0.0949. The third-order valence-corrected chi connectivity index (χ3v) is 4.33. The summed E-state index contributed by atoms with van der Waals surface area (Å²) in [6.45, 7) is 8.11. The topological polar surface area (TPSA) is 99.1 Å². The van der Waals surface area contributed by atoms with Gasteiger partial charge in [-0.2, -0.15) is 5.26 Å². The van der Waals surface area contributed by atoms with Crippen LogP contribution in [0.3, 0.4) is 0 Å². The lowest BCUT2D eigenvalue weighted by atomic mass is 9.87. The van der Waals surface area contributed by atoms with Crippen molar-refractivity contribution in [1.29, 1.82) is 5.26 Å². The highest BCUT2D eigenvalue weighted by Gasteiger charge is 2.30. The van der Waals surface area contributed by atoms with Gasteiger partial charge in [0.2, 0.25) is 5.43 Å². The molecule has 1 amide bonds. The highest BCUT2D eigenvalue weighted by Crippen LogP contribution is 2.22. The molecule has 6 nitrogen and oxygen atoms in total. The third kappa shape index (κ3) is 3.94. The van der Waals surface area contributed by atoms with E-state index in [0.717, 1.165) is 5.56 Å². The van der Waals surface area contributed by atoms with Gasteiger partial charge in [0.05, 0.1) is 11.6 Å². The Hall–Kier alpha value is -2.94. The molecule has 2 rings (SSSR count). The molecule has 0 bridgehead atoms. The molecule has 0 heterocycles. The quantitative estimate of drug-likeness (QED) is 0.811. The maximum atomic E-state index is 12.3. The predicted octanol–water partition coefficient (Wildman–Crippen LogP) is 1.93. The second-order valence-corrected chi connectivity index (χ2v) is 7.13. The van der Waals surface area contributed by atoms with Crippen LogP contribution in [0.4, 0.5) is 5.69 Å². The first-order chi connectivity index (χ1) is 11.6. The predicted molar refractivity (Wildman–Crippen MR) is 96.2 cm³/mol. The number of benzene rings is 1. The molecule has 1 unspecified atom stereocenters. The Balaban J connectivity index is 2.09. The average Bonchev–Trinajstić information content (AvgIpc) is 2.58. The lowest BCUT2D eigenvalue weighted by Gasteiger charge is -2.29. The average molecular weight is 339 g/mol. The molecule has 0 aromatic heterocycles. The minimum Gasteiger partial charge on any atom is -0.378 e. The van der Waals surface area contributed by atoms with E-state index in [9.17, 15) is 14.4 Å². The first kappa shape index (κ1) is 18.4. The number of hydrogen-bond acceptors (Lipinski definition) is 5. The molecule has 0 aliphatic rings. The molecule has 0 spiro atoms. The number of nitrogens with zero attached hydrogens (tertiary/aromatic N) is 1. The van der Waals surface area contributed by atoms with E-state index in [1.165, 1.54) is 0 Å². The van der Waals surface area contributed by atoms with Crippen molar-refractivity contribution in [3.8, 4) is 6.07 Å². The number of nitriles is 1. The van der Waals surface area contributed by atoms with Gasteiger partial charge in [0.15, 0.2) is 0 Å². The Kier molecular flexibility index (Phi) is 5.07. The smallest absolute Gasteiger partial charge is 0.257 e. The van der Waals surface area contributed by atoms with Crippen molar-refractivity contribution in [3.63, 3.8) is 0 Å². The highest BCUT2D eigenvalue weighted by atomic mass is 16.2. The molecule has 0 fully saturated rings. The summed E-state index contributed by atoms with van der Waals surface area (Å²) in [4.78, 5) is 35.9. The van der Waals surface area contributed by atoms with Crippen LogP contribution in [0.15, 0.2) is 33.9 Å². The zero-order chi connectivity index (χ0) is 18.8. The summed E-state index contributed by atoms with van der Waals surface area (Å²) < 4.78 is 0. The van der Waals surface area contributed by atoms with Crippen molar-refractivity contribution in [2.75, 3.05) is 5.32 Å². The molecular formula is C19H21N3O3. The lowest BCUT2D eigenvalue weighted by Crippen LogP contribution is -2.46. The summed E-state index contributed by atoms with van der Waals surface area (Å²) in [5.74, 6) is -0.572.